The van der Waals surface area contributed by atoms with Crippen LogP contribution in [0.15, 0.2) is 16.9 Å². The molecule has 0 bridgehead atoms. The van der Waals surface area contributed by atoms with Crippen molar-refractivity contribution in [3.63, 3.8) is 0 Å². The minimum absolute atomic E-state index is 0.0442. The number of nitrogens with zero attached hydrogens (tertiary/aromatic N) is 6. The van der Waals surface area contributed by atoms with Crippen LogP contribution in [0.4, 0.5) is 5.82 Å². The minimum Gasteiger partial charge on any atom is -0.353 e. The number of piperazine rings is 1. The third-order valence-electron chi connectivity index (χ3n) is 6.16. The third kappa shape index (κ3) is 3.36. The van der Waals surface area contributed by atoms with Crippen LogP contribution in [-0.4, -0.2) is 57.6 Å². The molecule has 0 spiro atoms. The van der Waals surface area contributed by atoms with Gasteiger partial charge < -0.3 is 4.90 Å². The Morgan fingerprint density at radius 3 is 2.37 bits per heavy atom. The van der Waals surface area contributed by atoms with Gasteiger partial charge in [0.1, 0.15) is 0 Å². The van der Waals surface area contributed by atoms with Gasteiger partial charge >= 0.3 is 0 Å². The number of fused-ring (bicyclic) bond motifs is 2. The summed E-state index contributed by atoms with van der Waals surface area (Å²) < 4.78 is 1.66. The summed E-state index contributed by atoms with van der Waals surface area (Å²) >= 11 is 0. The van der Waals surface area contributed by atoms with Crippen molar-refractivity contribution >= 4 is 5.82 Å². The van der Waals surface area contributed by atoms with Gasteiger partial charge in [0.15, 0.2) is 5.82 Å². The Bertz CT molecular complexity index is 900. The zero-order valence-corrected chi connectivity index (χ0v) is 15.7. The first-order valence-electron chi connectivity index (χ1n) is 10.2. The van der Waals surface area contributed by atoms with E-state index < -0.39 is 0 Å². The molecule has 2 aromatic rings. The maximum Gasteiger partial charge on any atom is 0.267 e. The highest BCUT2D eigenvalue weighted by Gasteiger charge is 2.21. The van der Waals surface area contributed by atoms with Gasteiger partial charge in [0, 0.05) is 38.8 Å². The van der Waals surface area contributed by atoms with Crippen molar-refractivity contribution in [2.24, 2.45) is 0 Å². The minimum atomic E-state index is 0.0442. The van der Waals surface area contributed by atoms with Crippen LogP contribution in [0, 0.1) is 0 Å². The van der Waals surface area contributed by atoms with Crippen LogP contribution in [0.2, 0.25) is 0 Å². The molecule has 2 aliphatic carbocycles. The molecular weight excluding hydrogens is 340 g/mol. The van der Waals surface area contributed by atoms with E-state index in [1.165, 1.54) is 17.7 Å². The Labute approximate surface area is 159 Å². The molecule has 0 radical (unpaired) electrons. The fourth-order valence-corrected chi connectivity index (χ4v) is 4.51. The van der Waals surface area contributed by atoms with E-state index in [0.29, 0.717) is 6.54 Å². The van der Waals surface area contributed by atoms with Gasteiger partial charge in [-0.25, -0.2) is 4.68 Å². The van der Waals surface area contributed by atoms with Gasteiger partial charge in [0.05, 0.1) is 17.9 Å². The number of anilines is 1. The lowest BCUT2D eigenvalue weighted by atomic mass is 10.2. The molecule has 3 aliphatic rings. The van der Waals surface area contributed by atoms with E-state index in [1.807, 2.05) is 0 Å². The molecule has 27 heavy (non-hydrogen) atoms. The highest BCUT2D eigenvalue weighted by molar-refractivity contribution is 5.43. The Morgan fingerprint density at radius 1 is 0.815 bits per heavy atom. The zero-order valence-electron chi connectivity index (χ0n) is 15.7. The number of aryl methyl sites for hydroxylation is 4. The molecule has 2 aromatic heterocycles. The van der Waals surface area contributed by atoms with Crippen LogP contribution in [-0.2, 0) is 32.2 Å². The Morgan fingerprint density at radius 2 is 1.56 bits per heavy atom. The first-order valence-corrected chi connectivity index (χ1v) is 10.2. The molecule has 0 atom stereocenters. The standard InChI is InChI=1S/C20H26N6O/c27-20-14-16-4-2-6-18(16)23-26(20)12-9-24-7-10-25(11-8-24)19-13-15-3-1-5-17(15)21-22-19/h13-14H,1-12H2. The van der Waals surface area contributed by atoms with Gasteiger partial charge in [-0.2, -0.15) is 10.2 Å². The normalized spacial score (nSPS) is 19.3. The van der Waals surface area contributed by atoms with Crippen LogP contribution in [0.25, 0.3) is 0 Å². The van der Waals surface area contributed by atoms with E-state index in [-0.39, 0.29) is 5.56 Å². The lowest BCUT2D eigenvalue weighted by molar-refractivity contribution is 0.242. The summed E-state index contributed by atoms with van der Waals surface area (Å²) in [7, 11) is 0. The monoisotopic (exact) mass is 366 g/mol. The molecular formula is C20H26N6O. The second kappa shape index (κ2) is 7.03. The van der Waals surface area contributed by atoms with E-state index in [9.17, 15) is 4.79 Å². The Hall–Kier alpha value is -2.28. The summed E-state index contributed by atoms with van der Waals surface area (Å²) in [6.45, 7) is 5.43. The molecule has 7 heteroatoms. The van der Waals surface area contributed by atoms with Gasteiger partial charge in [-0.05, 0) is 55.7 Å². The van der Waals surface area contributed by atoms with Crippen molar-refractivity contribution in [3.05, 3.63) is 45.0 Å². The molecule has 0 unspecified atom stereocenters. The zero-order chi connectivity index (χ0) is 18.2. The molecule has 1 aliphatic heterocycles. The quantitative estimate of drug-likeness (QED) is 0.799. The third-order valence-corrected chi connectivity index (χ3v) is 6.16. The van der Waals surface area contributed by atoms with Crippen LogP contribution in [0.3, 0.4) is 0 Å². The maximum atomic E-state index is 12.2. The summed E-state index contributed by atoms with van der Waals surface area (Å²) in [5, 5.41) is 13.4. The number of rotatable bonds is 4. The number of hydrogen-bond donors (Lipinski definition) is 0. The summed E-state index contributed by atoms with van der Waals surface area (Å²) in [6, 6.07) is 4.03. The fourth-order valence-electron chi connectivity index (χ4n) is 4.51. The summed E-state index contributed by atoms with van der Waals surface area (Å²) in [4.78, 5) is 17.0. The maximum absolute atomic E-state index is 12.2. The summed E-state index contributed by atoms with van der Waals surface area (Å²) in [5.74, 6) is 1.02. The van der Waals surface area contributed by atoms with Gasteiger partial charge in [-0.15, -0.1) is 5.10 Å². The highest BCUT2D eigenvalue weighted by Crippen LogP contribution is 2.23. The summed E-state index contributed by atoms with van der Waals surface area (Å²) in [5.41, 5.74) is 4.88. The Kier molecular flexibility index (Phi) is 4.39. The molecule has 1 fully saturated rings. The summed E-state index contributed by atoms with van der Waals surface area (Å²) in [6.07, 6.45) is 6.56. The largest absolute Gasteiger partial charge is 0.353 e. The van der Waals surface area contributed by atoms with E-state index >= 15 is 0 Å². The van der Waals surface area contributed by atoms with Gasteiger partial charge in [0.25, 0.3) is 5.56 Å². The molecule has 0 amide bonds. The molecule has 0 saturated carbocycles. The predicted molar refractivity (Wildman–Crippen MR) is 103 cm³/mol. The molecule has 142 valence electrons. The first kappa shape index (κ1) is 16.9. The van der Waals surface area contributed by atoms with Crippen LogP contribution in [0.5, 0.6) is 0 Å². The molecule has 0 N–H and O–H groups in total. The second-order valence-corrected chi connectivity index (χ2v) is 7.89. The smallest absolute Gasteiger partial charge is 0.267 e. The van der Waals surface area contributed by atoms with Gasteiger partial charge in [-0.1, -0.05) is 0 Å². The average molecular weight is 366 g/mol. The topological polar surface area (TPSA) is 67.2 Å². The fraction of sp³-hybridized carbons (Fsp3) is 0.600. The van der Waals surface area contributed by atoms with Crippen LogP contribution in [0.1, 0.15) is 35.4 Å². The number of aromatic nitrogens is 4. The predicted octanol–water partition coefficient (Wildman–Crippen LogP) is 0.833. The molecule has 0 aromatic carbocycles. The average Bonchev–Trinajstić information content (AvgIpc) is 3.34. The van der Waals surface area contributed by atoms with E-state index in [0.717, 1.165) is 81.9 Å². The lowest BCUT2D eigenvalue weighted by Gasteiger charge is -2.35. The van der Waals surface area contributed by atoms with Crippen molar-refractivity contribution in [2.45, 2.75) is 45.1 Å². The first-order chi connectivity index (χ1) is 13.3. The highest BCUT2D eigenvalue weighted by atomic mass is 16.1. The van der Waals surface area contributed by atoms with E-state index in [2.05, 4.69) is 31.2 Å². The van der Waals surface area contributed by atoms with Crippen molar-refractivity contribution in [3.8, 4) is 0 Å². The molecule has 5 rings (SSSR count). The van der Waals surface area contributed by atoms with E-state index in [4.69, 9.17) is 0 Å². The Balaban J connectivity index is 1.17. The SMILES string of the molecule is O=c1cc2c(nn1CCN1CCN(c3cc4c(nn3)CCC4)CC1)CCC2. The molecule has 1 saturated heterocycles. The van der Waals surface area contributed by atoms with Crippen molar-refractivity contribution in [2.75, 3.05) is 37.6 Å². The van der Waals surface area contributed by atoms with Crippen molar-refractivity contribution in [1.82, 2.24) is 24.9 Å². The van der Waals surface area contributed by atoms with Crippen LogP contribution >= 0.6 is 0 Å². The van der Waals surface area contributed by atoms with Crippen molar-refractivity contribution < 1.29 is 0 Å². The van der Waals surface area contributed by atoms with Gasteiger partial charge in [0.2, 0.25) is 0 Å². The van der Waals surface area contributed by atoms with Gasteiger partial charge in [-0.3, -0.25) is 9.69 Å². The second-order valence-electron chi connectivity index (χ2n) is 7.89. The van der Waals surface area contributed by atoms with Crippen molar-refractivity contribution in [1.29, 1.82) is 0 Å². The number of hydrogen-bond acceptors (Lipinski definition) is 6. The lowest BCUT2D eigenvalue weighted by Crippen LogP contribution is -2.48. The van der Waals surface area contributed by atoms with Crippen LogP contribution < -0.4 is 10.5 Å². The molecule has 7 nitrogen and oxygen atoms in total. The molecule has 3 heterocycles. The van der Waals surface area contributed by atoms with E-state index in [1.54, 1.807) is 10.7 Å².